The highest BCUT2D eigenvalue weighted by Gasteiger charge is 2.20. The molecule has 0 aliphatic heterocycles. The van der Waals surface area contributed by atoms with E-state index in [0.717, 1.165) is 16.8 Å². The van der Waals surface area contributed by atoms with Gasteiger partial charge >= 0.3 is 0 Å². The van der Waals surface area contributed by atoms with E-state index in [4.69, 9.17) is 9.47 Å². The highest BCUT2D eigenvalue weighted by atomic mass is 32.2. The van der Waals surface area contributed by atoms with Crippen molar-refractivity contribution in [3.05, 3.63) is 73.3 Å². The van der Waals surface area contributed by atoms with Gasteiger partial charge in [0.05, 0.1) is 20.0 Å². The number of carbonyl (C=O) groups excluding carboxylic acids is 1. The maximum atomic E-state index is 12.8. The molecule has 0 saturated heterocycles. The molecule has 1 heterocycles. The van der Waals surface area contributed by atoms with Gasteiger partial charge in [-0.05, 0) is 31.2 Å². The van der Waals surface area contributed by atoms with Crippen molar-refractivity contribution in [2.45, 2.75) is 12.1 Å². The van der Waals surface area contributed by atoms with Gasteiger partial charge in [0.15, 0.2) is 11.0 Å². The first-order valence-electron chi connectivity index (χ1n) is 10.4. The average Bonchev–Trinajstić information content (AvgIpc) is 3.26. The summed E-state index contributed by atoms with van der Waals surface area (Å²) in [6, 6.07) is 13.6. The van der Waals surface area contributed by atoms with Crippen LogP contribution in [0.25, 0.3) is 17.1 Å². The molecule has 0 bridgehead atoms. The molecule has 0 radical (unpaired) electrons. The van der Waals surface area contributed by atoms with Crippen molar-refractivity contribution in [1.82, 2.24) is 19.7 Å². The van der Waals surface area contributed by atoms with Gasteiger partial charge in [0.1, 0.15) is 11.5 Å². The monoisotopic (exact) mass is 464 g/mol. The Labute approximate surface area is 198 Å². The lowest BCUT2D eigenvalue weighted by atomic mass is 10.1. The summed E-state index contributed by atoms with van der Waals surface area (Å²) < 4.78 is 12.8. The molecule has 2 aromatic carbocycles. The van der Waals surface area contributed by atoms with Gasteiger partial charge in [-0.3, -0.25) is 9.36 Å². The van der Waals surface area contributed by atoms with Gasteiger partial charge in [-0.2, -0.15) is 0 Å². The van der Waals surface area contributed by atoms with Crippen LogP contribution in [0.4, 0.5) is 0 Å². The Morgan fingerprint density at radius 1 is 1.03 bits per heavy atom. The van der Waals surface area contributed by atoms with Crippen molar-refractivity contribution >= 4 is 17.7 Å². The zero-order valence-corrected chi connectivity index (χ0v) is 20.0. The van der Waals surface area contributed by atoms with E-state index in [2.05, 4.69) is 23.4 Å². The molecular weight excluding hydrogens is 436 g/mol. The second-order valence-corrected chi connectivity index (χ2v) is 8.19. The molecule has 0 fully saturated rings. The zero-order chi connectivity index (χ0) is 23.8. The van der Waals surface area contributed by atoms with E-state index in [1.807, 2.05) is 47.9 Å². The summed E-state index contributed by atoms with van der Waals surface area (Å²) in [6.45, 7) is 10.4. The number of thioether (sulfide) groups is 1. The minimum atomic E-state index is -0.0251. The molecule has 33 heavy (non-hydrogen) atoms. The van der Waals surface area contributed by atoms with Gasteiger partial charge < -0.3 is 14.4 Å². The lowest BCUT2D eigenvalue weighted by molar-refractivity contribution is -0.127. The minimum absolute atomic E-state index is 0.0251. The van der Waals surface area contributed by atoms with Crippen LogP contribution in [-0.2, 0) is 4.79 Å². The maximum Gasteiger partial charge on any atom is 0.233 e. The van der Waals surface area contributed by atoms with E-state index in [-0.39, 0.29) is 11.7 Å². The first kappa shape index (κ1) is 24.1. The lowest BCUT2D eigenvalue weighted by Crippen LogP contribution is -2.32. The molecule has 3 aromatic rings. The summed E-state index contributed by atoms with van der Waals surface area (Å²) in [5.41, 5.74) is 2.83. The number of hydrogen-bond donors (Lipinski definition) is 0. The third-order valence-corrected chi connectivity index (χ3v) is 5.83. The van der Waals surface area contributed by atoms with Crippen LogP contribution >= 0.6 is 11.8 Å². The Morgan fingerprint density at radius 3 is 2.18 bits per heavy atom. The number of rotatable bonds is 11. The van der Waals surface area contributed by atoms with E-state index < -0.39 is 0 Å². The third-order valence-electron chi connectivity index (χ3n) is 4.91. The Balaban J connectivity index is 2.01. The molecule has 172 valence electrons. The summed E-state index contributed by atoms with van der Waals surface area (Å²) in [4.78, 5) is 14.4. The maximum absolute atomic E-state index is 12.8. The second-order valence-electron chi connectivity index (χ2n) is 7.24. The minimum Gasteiger partial charge on any atom is -0.497 e. The van der Waals surface area contributed by atoms with Gasteiger partial charge in [0.2, 0.25) is 5.91 Å². The predicted molar refractivity (Wildman–Crippen MR) is 132 cm³/mol. The number of amides is 1. The Kier molecular flexibility index (Phi) is 8.32. The topological polar surface area (TPSA) is 69.5 Å². The Morgan fingerprint density at radius 2 is 1.64 bits per heavy atom. The standard InChI is InChI=1S/C25H28N4O3S/c1-6-12-28(13-7-2)23(30)17-33-25-27-26-24(29(25)20-10-8-18(3)9-11-20)19-14-21(31-4)16-22(15-19)32-5/h6-11,14-16H,1-2,12-13,17H2,3-5H3. The Hall–Kier alpha value is -3.52. The van der Waals surface area contributed by atoms with Gasteiger partial charge in [-0.25, -0.2) is 0 Å². The van der Waals surface area contributed by atoms with Crippen molar-refractivity contribution in [3.63, 3.8) is 0 Å². The molecule has 1 aromatic heterocycles. The van der Waals surface area contributed by atoms with Crippen molar-refractivity contribution in [1.29, 1.82) is 0 Å². The molecule has 3 rings (SSSR count). The normalized spacial score (nSPS) is 10.5. The van der Waals surface area contributed by atoms with Crippen LogP contribution in [0.1, 0.15) is 5.56 Å². The van der Waals surface area contributed by atoms with Gasteiger partial charge in [-0.1, -0.05) is 41.6 Å². The molecule has 0 aliphatic carbocycles. The number of carbonyl (C=O) groups is 1. The van der Waals surface area contributed by atoms with E-state index >= 15 is 0 Å². The van der Waals surface area contributed by atoms with E-state index in [1.54, 1.807) is 37.3 Å². The van der Waals surface area contributed by atoms with Crippen molar-refractivity contribution in [2.75, 3.05) is 33.1 Å². The predicted octanol–water partition coefficient (Wildman–Crippen LogP) is 4.55. The number of aryl methyl sites for hydroxylation is 1. The molecule has 0 atom stereocenters. The molecule has 0 spiro atoms. The lowest BCUT2D eigenvalue weighted by Gasteiger charge is -2.19. The molecule has 0 saturated carbocycles. The number of aromatic nitrogens is 3. The van der Waals surface area contributed by atoms with E-state index in [9.17, 15) is 4.79 Å². The van der Waals surface area contributed by atoms with Crippen LogP contribution < -0.4 is 9.47 Å². The van der Waals surface area contributed by atoms with Crippen LogP contribution in [0.15, 0.2) is 72.9 Å². The second kappa shape index (κ2) is 11.4. The van der Waals surface area contributed by atoms with Crippen LogP contribution in [0.2, 0.25) is 0 Å². The fourth-order valence-electron chi connectivity index (χ4n) is 3.22. The number of benzene rings is 2. The first-order valence-corrected chi connectivity index (χ1v) is 11.4. The zero-order valence-electron chi connectivity index (χ0n) is 19.2. The van der Waals surface area contributed by atoms with Crippen LogP contribution in [-0.4, -0.2) is 58.6 Å². The molecule has 8 heteroatoms. The smallest absolute Gasteiger partial charge is 0.233 e. The molecule has 1 amide bonds. The summed E-state index contributed by atoms with van der Waals surface area (Å²) in [5, 5.41) is 9.48. The van der Waals surface area contributed by atoms with Crippen LogP contribution in [0, 0.1) is 6.92 Å². The fourth-order valence-corrected chi connectivity index (χ4v) is 4.08. The molecular formula is C25H28N4O3S. The largest absolute Gasteiger partial charge is 0.497 e. The molecule has 0 aliphatic rings. The number of nitrogens with zero attached hydrogens (tertiary/aromatic N) is 4. The van der Waals surface area contributed by atoms with Gasteiger partial charge in [0, 0.05) is 30.4 Å². The molecule has 0 unspecified atom stereocenters. The number of ether oxygens (including phenoxy) is 2. The summed E-state index contributed by atoms with van der Waals surface area (Å²) in [6.07, 6.45) is 3.41. The van der Waals surface area contributed by atoms with Crippen LogP contribution in [0.3, 0.4) is 0 Å². The molecule has 7 nitrogen and oxygen atoms in total. The van der Waals surface area contributed by atoms with Gasteiger partial charge in [0.25, 0.3) is 0 Å². The highest BCUT2D eigenvalue weighted by Crippen LogP contribution is 2.33. The van der Waals surface area contributed by atoms with E-state index in [0.29, 0.717) is 35.6 Å². The quantitative estimate of drug-likeness (QED) is 0.306. The number of methoxy groups -OCH3 is 2. The first-order chi connectivity index (χ1) is 16.0. The average molecular weight is 465 g/mol. The molecule has 0 N–H and O–H groups in total. The fraction of sp³-hybridized carbons (Fsp3) is 0.240. The van der Waals surface area contributed by atoms with Crippen molar-refractivity contribution in [3.8, 4) is 28.6 Å². The van der Waals surface area contributed by atoms with Crippen molar-refractivity contribution < 1.29 is 14.3 Å². The highest BCUT2D eigenvalue weighted by molar-refractivity contribution is 7.99. The van der Waals surface area contributed by atoms with Crippen molar-refractivity contribution in [2.24, 2.45) is 0 Å². The Bertz CT molecular complexity index is 1090. The third kappa shape index (κ3) is 5.84. The summed E-state index contributed by atoms with van der Waals surface area (Å²) in [7, 11) is 3.21. The SMILES string of the molecule is C=CCN(CC=C)C(=O)CSc1nnc(-c2cc(OC)cc(OC)c2)n1-c1ccc(C)cc1. The summed E-state index contributed by atoms with van der Waals surface area (Å²) in [5.74, 6) is 2.11. The van der Waals surface area contributed by atoms with Gasteiger partial charge in [-0.15, -0.1) is 23.4 Å². The summed E-state index contributed by atoms with van der Waals surface area (Å²) >= 11 is 1.34. The van der Waals surface area contributed by atoms with E-state index in [1.165, 1.54) is 11.8 Å². The number of hydrogen-bond acceptors (Lipinski definition) is 6. The van der Waals surface area contributed by atoms with Crippen LogP contribution in [0.5, 0.6) is 11.5 Å².